The second-order valence-electron chi connectivity index (χ2n) is 8.85. The molecule has 4 rings (SSSR count). The van der Waals surface area contributed by atoms with Crippen molar-refractivity contribution in [2.45, 2.75) is 43.5 Å². The van der Waals surface area contributed by atoms with E-state index in [1.165, 1.54) is 13.2 Å². The number of hydrogen-bond acceptors (Lipinski definition) is 6. The first kappa shape index (κ1) is 24.2. The molecule has 1 aromatic carbocycles. The number of nitrogens with one attached hydrogen (secondary N) is 2. The number of likely N-dealkylation sites (N-methyl/N-ethyl adjacent to an activating group) is 1. The molecule has 1 amide bonds. The van der Waals surface area contributed by atoms with Crippen molar-refractivity contribution in [2.24, 2.45) is 10.9 Å². The van der Waals surface area contributed by atoms with Crippen molar-refractivity contribution in [2.75, 3.05) is 26.0 Å². The topological polar surface area (TPSA) is 95.8 Å². The van der Waals surface area contributed by atoms with Crippen molar-refractivity contribution in [3.05, 3.63) is 52.3 Å². The second kappa shape index (κ2) is 9.34. The first-order chi connectivity index (χ1) is 16.1. The number of benzene rings is 1. The molecular weight excluding hydrogens is 449 g/mol. The number of hydrogen-bond donors (Lipinski definition) is 3. The summed E-state index contributed by atoms with van der Waals surface area (Å²) in [7, 11) is 3.27. The number of fused-ring (bicyclic) bond motifs is 1. The molecule has 7 nitrogen and oxygen atoms in total. The number of rotatable bonds is 6. The highest BCUT2D eigenvalue weighted by atomic mass is 19.4. The fourth-order valence-electron chi connectivity index (χ4n) is 4.65. The van der Waals surface area contributed by atoms with Gasteiger partial charge < -0.3 is 20.5 Å². The van der Waals surface area contributed by atoms with Crippen LogP contribution in [0.5, 0.6) is 5.75 Å². The minimum atomic E-state index is -4.64. The van der Waals surface area contributed by atoms with Gasteiger partial charge >= 0.3 is 6.18 Å². The average Bonchev–Trinajstić information content (AvgIpc) is 3.21. The number of halogens is 3. The summed E-state index contributed by atoms with van der Waals surface area (Å²) in [5, 5.41) is 17.8. The van der Waals surface area contributed by atoms with Crippen LogP contribution in [0.25, 0.3) is 6.08 Å². The van der Waals surface area contributed by atoms with Crippen LogP contribution in [-0.2, 0) is 6.18 Å². The SMILES string of the molecule is CNCC1(O)CCC(C2C=c3cc(NC(=O)c4cccc(C(F)(F)F)n4)c(OC)cc3=N2)CC1. The molecule has 2 heterocycles. The maximum atomic E-state index is 13.0. The Kier molecular flexibility index (Phi) is 6.64. The number of ether oxygens (including phenoxy) is 1. The van der Waals surface area contributed by atoms with Crippen molar-refractivity contribution >= 4 is 17.7 Å². The van der Waals surface area contributed by atoms with Gasteiger partial charge in [-0.2, -0.15) is 13.2 Å². The molecule has 2 aromatic rings. The second-order valence-corrected chi connectivity index (χ2v) is 8.85. The van der Waals surface area contributed by atoms with Crippen LogP contribution in [0, 0.1) is 5.92 Å². The number of carbonyl (C=O) groups excluding carboxylic acids is 1. The molecule has 1 saturated carbocycles. The summed E-state index contributed by atoms with van der Waals surface area (Å²) < 4.78 is 44.2. The number of anilines is 1. The van der Waals surface area contributed by atoms with Gasteiger partial charge in [0.2, 0.25) is 0 Å². The monoisotopic (exact) mass is 476 g/mol. The Balaban J connectivity index is 1.54. The Morgan fingerprint density at radius 2 is 2.00 bits per heavy atom. The highest BCUT2D eigenvalue weighted by Gasteiger charge is 2.36. The molecule has 0 spiro atoms. The van der Waals surface area contributed by atoms with Gasteiger partial charge in [-0.05, 0) is 56.8 Å². The summed E-state index contributed by atoms with van der Waals surface area (Å²) in [6.45, 7) is 0.562. The minimum absolute atomic E-state index is 0.0464. The van der Waals surface area contributed by atoms with Gasteiger partial charge in [0.15, 0.2) is 0 Å². The predicted molar refractivity (Wildman–Crippen MR) is 120 cm³/mol. The smallest absolute Gasteiger partial charge is 0.433 e. The summed E-state index contributed by atoms with van der Waals surface area (Å²) in [5.74, 6) is -0.126. The van der Waals surface area contributed by atoms with Crippen LogP contribution in [0.15, 0.2) is 35.3 Å². The van der Waals surface area contributed by atoms with Gasteiger partial charge in [-0.3, -0.25) is 9.79 Å². The van der Waals surface area contributed by atoms with Gasteiger partial charge in [0.05, 0.1) is 29.8 Å². The first-order valence-electron chi connectivity index (χ1n) is 11.1. The summed E-state index contributed by atoms with van der Waals surface area (Å²) in [5.41, 5.74) is -1.84. The standard InChI is InChI=1S/C24H27F3N4O3/c1-28-13-23(33)8-6-14(7-9-23)17-10-15-11-19(20(34-2)12-18(15)29-17)31-22(32)16-4-3-5-21(30-16)24(25,26)27/h3-5,10-12,14,17,28,33H,6-9,13H2,1-2H3,(H,31,32). The van der Waals surface area contributed by atoms with Crippen LogP contribution in [0.3, 0.4) is 0 Å². The van der Waals surface area contributed by atoms with Crippen LogP contribution >= 0.6 is 0 Å². The highest BCUT2D eigenvalue weighted by molar-refractivity contribution is 6.03. The lowest BCUT2D eigenvalue weighted by Crippen LogP contribution is -2.43. The van der Waals surface area contributed by atoms with E-state index in [1.54, 1.807) is 12.1 Å². The predicted octanol–water partition coefficient (Wildman–Crippen LogP) is 2.28. The molecule has 0 bridgehead atoms. The van der Waals surface area contributed by atoms with Gasteiger partial charge in [-0.15, -0.1) is 0 Å². The Hall–Kier alpha value is -2.98. The number of methoxy groups -OCH3 is 1. The number of carbonyl (C=O) groups is 1. The molecule has 182 valence electrons. The number of aromatic nitrogens is 1. The lowest BCUT2D eigenvalue weighted by molar-refractivity contribution is -0.141. The van der Waals surface area contributed by atoms with E-state index in [1.807, 2.05) is 13.1 Å². The van der Waals surface area contributed by atoms with Crippen LogP contribution in [-0.4, -0.2) is 48.3 Å². The number of pyridine rings is 1. The van der Waals surface area contributed by atoms with E-state index in [4.69, 9.17) is 9.73 Å². The van der Waals surface area contributed by atoms with Crippen LogP contribution in [0.4, 0.5) is 18.9 Å². The largest absolute Gasteiger partial charge is 0.494 e. The van der Waals surface area contributed by atoms with Crippen molar-refractivity contribution in [1.82, 2.24) is 10.3 Å². The Morgan fingerprint density at radius 1 is 1.26 bits per heavy atom. The zero-order chi connectivity index (χ0) is 24.5. The van der Waals surface area contributed by atoms with Gasteiger partial charge in [0, 0.05) is 17.8 Å². The average molecular weight is 476 g/mol. The molecular formula is C24H27F3N4O3. The Bertz CT molecular complexity index is 1190. The number of amides is 1. The normalized spacial score (nSPS) is 24.1. The molecule has 2 aliphatic rings. The number of alkyl halides is 3. The summed E-state index contributed by atoms with van der Waals surface area (Å²) in [4.78, 5) is 20.9. The van der Waals surface area contributed by atoms with E-state index in [0.717, 1.165) is 35.6 Å². The lowest BCUT2D eigenvalue weighted by Gasteiger charge is -2.37. The van der Waals surface area contributed by atoms with E-state index in [2.05, 4.69) is 15.6 Å². The first-order valence-corrected chi connectivity index (χ1v) is 11.1. The molecule has 1 aliphatic heterocycles. The maximum Gasteiger partial charge on any atom is 0.433 e. The van der Waals surface area contributed by atoms with Gasteiger partial charge in [-0.25, -0.2) is 4.98 Å². The minimum Gasteiger partial charge on any atom is -0.494 e. The van der Waals surface area contributed by atoms with Crippen LogP contribution in [0.1, 0.15) is 41.9 Å². The zero-order valence-corrected chi connectivity index (χ0v) is 18.9. The molecule has 10 heteroatoms. The molecule has 1 atom stereocenters. The Morgan fingerprint density at radius 3 is 2.65 bits per heavy atom. The third-order valence-electron chi connectivity index (χ3n) is 6.46. The van der Waals surface area contributed by atoms with Crippen LogP contribution in [0.2, 0.25) is 0 Å². The lowest BCUT2D eigenvalue weighted by atomic mass is 9.76. The molecule has 1 aliphatic carbocycles. The molecule has 1 aromatic heterocycles. The van der Waals surface area contributed by atoms with Crippen LogP contribution < -0.4 is 25.9 Å². The van der Waals surface area contributed by atoms with E-state index in [0.29, 0.717) is 36.7 Å². The quantitative estimate of drug-likeness (QED) is 0.595. The molecule has 0 saturated heterocycles. The summed E-state index contributed by atoms with van der Waals surface area (Å²) in [6, 6.07) is 6.55. The maximum absolute atomic E-state index is 13.0. The highest BCUT2D eigenvalue weighted by Crippen LogP contribution is 2.35. The van der Waals surface area contributed by atoms with Gasteiger partial charge in [-0.1, -0.05) is 12.1 Å². The fourth-order valence-corrected chi connectivity index (χ4v) is 4.65. The molecule has 3 N–H and O–H groups in total. The molecule has 1 unspecified atom stereocenters. The van der Waals surface area contributed by atoms with E-state index in [9.17, 15) is 23.1 Å². The van der Waals surface area contributed by atoms with Crippen molar-refractivity contribution in [3.8, 4) is 5.75 Å². The fraction of sp³-hybridized carbons (Fsp3) is 0.458. The van der Waals surface area contributed by atoms with E-state index in [-0.39, 0.29) is 11.7 Å². The molecule has 34 heavy (non-hydrogen) atoms. The summed E-state index contributed by atoms with van der Waals surface area (Å²) in [6.07, 6.45) is 0.471. The third kappa shape index (κ3) is 5.07. The third-order valence-corrected chi connectivity index (χ3v) is 6.46. The van der Waals surface area contributed by atoms with Crippen molar-refractivity contribution in [3.63, 3.8) is 0 Å². The molecule has 1 fully saturated rings. The van der Waals surface area contributed by atoms with E-state index >= 15 is 0 Å². The zero-order valence-electron chi connectivity index (χ0n) is 18.9. The molecule has 0 radical (unpaired) electrons. The van der Waals surface area contributed by atoms with Gasteiger partial charge in [0.1, 0.15) is 17.1 Å². The number of aliphatic hydroxyl groups is 1. The summed E-state index contributed by atoms with van der Waals surface area (Å²) >= 11 is 0. The van der Waals surface area contributed by atoms with E-state index < -0.39 is 23.4 Å². The Labute approximate surface area is 194 Å². The van der Waals surface area contributed by atoms with Crippen molar-refractivity contribution < 1.29 is 27.8 Å². The number of nitrogens with zero attached hydrogens (tertiary/aromatic N) is 2. The van der Waals surface area contributed by atoms with Gasteiger partial charge in [0.25, 0.3) is 5.91 Å². The van der Waals surface area contributed by atoms with Crippen molar-refractivity contribution in [1.29, 1.82) is 0 Å².